The number of hydrogen-bond acceptors (Lipinski definition) is 5. The molecular weight excluding hydrogens is 563 g/mol. The molecule has 1 aliphatic heterocycles. The summed E-state index contributed by atoms with van der Waals surface area (Å²) >= 11 is 1.29. The number of aromatic nitrogens is 3. The fourth-order valence-electron chi connectivity index (χ4n) is 5.51. The van der Waals surface area contributed by atoms with E-state index in [0.29, 0.717) is 52.1 Å². The lowest BCUT2D eigenvalue weighted by Crippen LogP contribution is -2.33. The minimum atomic E-state index is -0.494. The van der Waals surface area contributed by atoms with Crippen LogP contribution in [0.15, 0.2) is 66.9 Å². The van der Waals surface area contributed by atoms with E-state index in [1.807, 2.05) is 24.3 Å². The number of halogens is 1. The minimum absolute atomic E-state index is 0.157. The highest BCUT2D eigenvalue weighted by atomic mass is 32.1. The summed E-state index contributed by atoms with van der Waals surface area (Å²) in [6, 6.07) is 17.1. The zero-order valence-corrected chi connectivity index (χ0v) is 24.0. The zero-order chi connectivity index (χ0) is 29.7. The van der Waals surface area contributed by atoms with Crippen LogP contribution in [0.2, 0.25) is 0 Å². The molecule has 2 aliphatic rings. The number of nitrogens with one attached hydrogen (secondary N) is 2. The molecule has 1 saturated carbocycles. The van der Waals surface area contributed by atoms with Crippen LogP contribution >= 0.6 is 11.3 Å². The van der Waals surface area contributed by atoms with E-state index in [4.69, 9.17) is 11.6 Å². The molecule has 0 unspecified atom stereocenters. The van der Waals surface area contributed by atoms with Crippen molar-refractivity contribution < 1.29 is 14.0 Å². The Balaban J connectivity index is 1.23. The van der Waals surface area contributed by atoms with Gasteiger partial charge in [-0.25, -0.2) is 14.2 Å². The fourth-order valence-corrected chi connectivity index (χ4v) is 6.65. The zero-order valence-electron chi connectivity index (χ0n) is 23.1. The average molecular weight is 589 g/mol. The molecule has 0 bridgehead atoms. The Morgan fingerprint density at radius 3 is 2.74 bits per heavy atom. The van der Waals surface area contributed by atoms with E-state index in [2.05, 4.69) is 20.4 Å². The number of benzene rings is 2. The Kier molecular flexibility index (Phi) is 6.59. The molecule has 1 aliphatic carbocycles. The second-order valence-corrected chi connectivity index (χ2v) is 11.8. The van der Waals surface area contributed by atoms with E-state index in [1.165, 1.54) is 17.4 Å². The molecule has 2 N–H and O–H groups in total. The number of aryl methyl sites for hydroxylation is 1. The summed E-state index contributed by atoms with van der Waals surface area (Å²) < 4.78 is 14.4. The number of pyridine rings is 1. The van der Waals surface area contributed by atoms with Crippen molar-refractivity contribution in [1.82, 2.24) is 15.2 Å². The third kappa shape index (κ3) is 4.87. The number of aromatic amines is 1. The van der Waals surface area contributed by atoms with E-state index in [9.17, 15) is 14.0 Å². The first-order valence-electron chi connectivity index (χ1n) is 13.9. The monoisotopic (exact) mass is 588 g/mol. The smallest absolute Gasteiger partial charge is 0.276 e. The standard InChI is InChI=1S/C33H25FN6O2S/c1-18-5-3-6-24(34)29(18)38-32(41)28-15-20-13-14-40(27-16-21(35-2)11-12-22(27)31(20)43-28)33(42)26-8-4-7-25(37-26)23-17-36-39-30(23)19-9-10-19/h3-8,11-12,15-17,19H,9-10,13-14H2,1H3,(H,36,39)(H,38,41). The molecule has 3 aromatic heterocycles. The van der Waals surface area contributed by atoms with Crippen LogP contribution in [0.4, 0.5) is 21.5 Å². The Hall–Kier alpha value is -5.14. The molecule has 0 atom stereocenters. The number of thiophene rings is 1. The number of nitrogens with zero attached hydrogens (tertiary/aromatic N) is 4. The Bertz CT molecular complexity index is 1950. The molecule has 0 radical (unpaired) electrons. The van der Waals surface area contributed by atoms with E-state index < -0.39 is 11.7 Å². The SMILES string of the molecule is [C-]#[N+]c1ccc2c(c1)N(C(=O)c1cccc(-c3cn[nH]c3C3CC3)n1)CCc1cc(C(=O)Nc3c(C)cccc3F)sc1-2. The number of rotatable bonds is 5. The van der Waals surface area contributed by atoms with Gasteiger partial charge in [0.05, 0.1) is 29.0 Å². The van der Waals surface area contributed by atoms with Gasteiger partial charge in [-0.05, 0) is 67.6 Å². The lowest BCUT2D eigenvalue weighted by atomic mass is 10.1. The lowest BCUT2D eigenvalue weighted by Gasteiger charge is -2.23. The number of amides is 2. The Labute approximate surface area is 251 Å². The van der Waals surface area contributed by atoms with Crippen LogP contribution in [-0.2, 0) is 6.42 Å². The first-order valence-corrected chi connectivity index (χ1v) is 14.8. The van der Waals surface area contributed by atoms with Crippen LogP contribution in [0.5, 0.6) is 0 Å². The largest absolute Gasteiger partial charge is 0.319 e. The Morgan fingerprint density at radius 2 is 1.95 bits per heavy atom. The quantitative estimate of drug-likeness (QED) is 0.208. The predicted octanol–water partition coefficient (Wildman–Crippen LogP) is 7.53. The molecule has 2 amide bonds. The van der Waals surface area contributed by atoms with Crippen molar-refractivity contribution in [3.63, 3.8) is 0 Å². The third-order valence-corrected chi connectivity index (χ3v) is 9.10. The second kappa shape index (κ2) is 10.6. The molecule has 5 aromatic rings. The molecular formula is C33H25FN6O2S. The first-order chi connectivity index (χ1) is 20.9. The van der Waals surface area contributed by atoms with E-state index in [-0.39, 0.29) is 11.6 Å². The van der Waals surface area contributed by atoms with Crippen LogP contribution in [0.1, 0.15) is 55.7 Å². The molecule has 43 heavy (non-hydrogen) atoms. The van der Waals surface area contributed by atoms with Crippen molar-refractivity contribution in [2.24, 2.45) is 0 Å². The maximum Gasteiger partial charge on any atom is 0.276 e. The van der Waals surface area contributed by atoms with Crippen molar-refractivity contribution in [1.29, 1.82) is 0 Å². The fraction of sp³-hybridized carbons (Fsp3) is 0.182. The van der Waals surface area contributed by atoms with Gasteiger partial charge >= 0.3 is 0 Å². The van der Waals surface area contributed by atoms with Gasteiger partial charge in [0.2, 0.25) is 0 Å². The summed E-state index contributed by atoms with van der Waals surface area (Å²) in [7, 11) is 0. The van der Waals surface area contributed by atoms with Crippen LogP contribution in [0.25, 0.3) is 26.5 Å². The number of para-hydroxylation sites is 1. The molecule has 4 heterocycles. The molecule has 8 nitrogen and oxygen atoms in total. The lowest BCUT2D eigenvalue weighted by molar-refractivity contribution is 0.0981. The topological polar surface area (TPSA) is 95.3 Å². The molecule has 0 saturated heterocycles. The van der Waals surface area contributed by atoms with E-state index >= 15 is 0 Å². The van der Waals surface area contributed by atoms with Crippen LogP contribution < -0.4 is 10.2 Å². The minimum Gasteiger partial charge on any atom is -0.319 e. The molecule has 0 spiro atoms. The van der Waals surface area contributed by atoms with Gasteiger partial charge < -0.3 is 10.2 Å². The summed E-state index contributed by atoms with van der Waals surface area (Å²) in [4.78, 5) is 38.5. The van der Waals surface area contributed by atoms with Gasteiger partial charge in [-0.15, -0.1) is 11.3 Å². The molecule has 10 heteroatoms. The number of H-pyrrole nitrogens is 1. The maximum atomic E-state index is 14.4. The molecule has 212 valence electrons. The van der Waals surface area contributed by atoms with Gasteiger partial charge in [-0.3, -0.25) is 14.7 Å². The molecule has 2 aromatic carbocycles. The first kappa shape index (κ1) is 26.7. The van der Waals surface area contributed by atoms with Gasteiger partial charge in [-0.1, -0.05) is 30.3 Å². The summed E-state index contributed by atoms with van der Waals surface area (Å²) in [6.07, 6.45) is 4.46. The highest BCUT2D eigenvalue weighted by molar-refractivity contribution is 7.17. The third-order valence-electron chi connectivity index (χ3n) is 7.89. The van der Waals surface area contributed by atoms with Crippen molar-refractivity contribution >= 4 is 40.2 Å². The number of hydrogen-bond donors (Lipinski definition) is 2. The summed E-state index contributed by atoms with van der Waals surface area (Å²) in [6.45, 7) is 9.66. The van der Waals surface area contributed by atoms with Crippen LogP contribution in [0, 0.1) is 19.3 Å². The second-order valence-electron chi connectivity index (χ2n) is 10.8. The van der Waals surface area contributed by atoms with Crippen molar-refractivity contribution in [2.75, 3.05) is 16.8 Å². The summed E-state index contributed by atoms with van der Waals surface area (Å²) in [5.41, 5.74) is 6.37. The predicted molar refractivity (Wildman–Crippen MR) is 164 cm³/mol. The van der Waals surface area contributed by atoms with Gasteiger partial charge in [0.25, 0.3) is 11.8 Å². The average Bonchev–Trinajstić information content (AvgIpc) is 3.63. The van der Waals surface area contributed by atoms with Crippen molar-refractivity contribution in [3.05, 3.63) is 111 Å². The number of carbonyl (C=O) groups excluding carboxylic acids is 2. The summed E-state index contributed by atoms with van der Waals surface area (Å²) in [5, 5.41) is 10.0. The maximum absolute atomic E-state index is 14.4. The number of anilines is 2. The number of carbonyl (C=O) groups is 2. The van der Waals surface area contributed by atoms with Gasteiger partial charge in [-0.2, -0.15) is 5.10 Å². The normalized spacial score (nSPS) is 13.9. The highest BCUT2D eigenvalue weighted by Gasteiger charge is 2.31. The van der Waals surface area contributed by atoms with Gasteiger partial charge in [0.15, 0.2) is 5.69 Å². The van der Waals surface area contributed by atoms with Gasteiger partial charge in [0.1, 0.15) is 11.5 Å². The van der Waals surface area contributed by atoms with Crippen LogP contribution in [0.3, 0.4) is 0 Å². The van der Waals surface area contributed by atoms with E-state index in [0.717, 1.165) is 40.1 Å². The molecule has 1 fully saturated rings. The van der Waals surface area contributed by atoms with Crippen molar-refractivity contribution in [3.8, 4) is 21.7 Å². The van der Waals surface area contributed by atoms with Gasteiger partial charge in [0, 0.05) is 39.8 Å². The number of fused-ring (bicyclic) bond motifs is 3. The Morgan fingerprint density at radius 1 is 1.12 bits per heavy atom. The van der Waals surface area contributed by atoms with Crippen molar-refractivity contribution in [2.45, 2.75) is 32.1 Å². The highest BCUT2D eigenvalue weighted by Crippen LogP contribution is 2.45. The van der Waals surface area contributed by atoms with Crippen LogP contribution in [-0.4, -0.2) is 33.5 Å². The van der Waals surface area contributed by atoms with E-state index in [1.54, 1.807) is 48.4 Å². The molecule has 7 rings (SSSR count). The summed E-state index contributed by atoms with van der Waals surface area (Å²) in [5.74, 6) is -0.717.